The summed E-state index contributed by atoms with van der Waals surface area (Å²) in [6.07, 6.45) is 4.05. The van der Waals surface area contributed by atoms with Gasteiger partial charge in [-0.2, -0.15) is 0 Å². The van der Waals surface area contributed by atoms with Crippen molar-refractivity contribution in [2.45, 2.75) is 25.8 Å². The van der Waals surface area contributed by atoms with E-state index in [0.29, 0.717) is 11.3 Å². The highest BCUT2D eigenvalue weighted by molar-refractivity contribution is 5.95. The minimum atomic E-state index is -0.0701. The van der Waals surface area contributed by atoms with Gasteiger partial charge in [-0.1, -0.05) is 30.3 Å². The predicted octanol–water partition coefficient (Wildman–Crippen LogP) is 3.15. The van der Waals surface area contributed by atoms with E-state index in [4.69, 9.17) is 4.42 Å². The molecule has 1 aliphatic rings. The van der Waals surface area contributed by atoms with Gasteiger partial charge in [0.2, 0.25) is 0 Å². The lowest BCUT2D eigenvalue weighted by atomic mass is 10.1. The molecule has 1 aromatic carbocycles. The fraction of sp³-hybridized carbons (Fsp3) is 0.389. The van der Waals surface area contributed by atoms with Crippen molar-refractivity contribution in [3.05, 3.63) is 59.5 Å². The van der Waals surface area contributed by atoms with Gasteiger partial charge in [-0.25, -0.2) is 0 Å². The standard InChI is InChI=1S/C18H22N2O2/c1-14-16(9-12-22-14)18(21)19-17(13-20-10-5-6-11-20)15-7-3-2-4-8-15/h2-4,7-9,12,17H,5-6,10-11,13H2,1H3,(H,19,21). The van der Waals surface area contributed by atoms with Crippen molar-refractivity contribution in [2.24, 2.45) is 0 Å². The summed E-state index contributed by atoms with van der Waals surface area (Å²) in [5, 5.41) is 3.16. The minimum Gasteiger partial charge on any atom is -0.469 e. The summed E-state index contributed by atoms with van der Waals surface area (Å²) in [5.74, 6) is 0.588. The number of likely N-dealkylation sites (tertiary alicyclic amines) is 1. The van der Waals surface area contributed by atoms with E-state index in [9.17, 15) is 4.79 Å². The van der Waals surface area contributed by atoms with Crippen molar-refractivity contribution in [1.82, 2.24) is 10.2 Å². The molecule has 0 spiro atoms. The van der Waals surface area contributed by atoms with E-state index < -0.39 is 0 Å². The SMILES string of the molecule is Cc1occc1C(=O)NC(CN1CCCC1)c1ccccc1. The zero-order valence-corrected chi connectivity index (χ0v) is 12.9. The number of aryl methyl sites for hydroxylation is 1. The van der Waals surface area contributed by atoms with Crippen LogP contribution in [0, 0.1) is 6.92 Å². The Morgan fingerprint density at radius 1 is 1.23 bits per heavy atom. The highest BCUT2D eigenvalue weighted by Gasteiger charge is 2.22. The molecule has 2 aromatic rings. The number of rotatable bonds is 5. The number of benzene rings is 1. The lowest BCUT2D eigenvalue weighted by Crippen LogP contribution is -2.37. The molecule has 2 heterocycles. The molecule has 116 valence electrons. The lowest BCUT2D eigenvalue weighted by molar-refractivity contribution is 0.0925. The number of hydrogen-bond donors (Lipinski definition) is 1. The number of nitrogens with zero attached hydrogens (tertiary/aromatic N) is 1. The van der Waals surface area contributed by atoms with E-state index in [2.05, 4.69) is 22.3 Å². The molecule has 3 rings (SSSR count). The van der Waals surface area contributed by atoms with Crippen LogP contribution >= 0.6 is 0 Å². The summed E-state index contributed by atoms with van der Waals surface area (Å²) in [5.41, 5.74) is 1.76. The number of nitrogens with one attached hydrogen (secondary N) is 1. The number of carbonyl (C=O) groups excluding carboxylic acids is 1. The first-order chi connectivity index (χ1) is 10.7. The first kappa shape index (κ1) is 14.9. The topological polar surface area (TPSA) is 45.5 Å². The Hall–Kier alpha value is -2.07. The van der Waals surface area contributed by atoms with Crippen LogP contribution in [0.1, 0.15) is 40.6 Å². The molecule has 0 aliphatic carbocycles. The molecule has 22 heavy (non-hydrogen) atoms. The van der Waals surface area contributed by atoms with Crippen molar-refractivity contribution in [2.75, 3.05) is 19.6 Å². The fourth-order valence-electron chi connectivity index (χ4n) is 3.00. The van der Waals surface area contributed by atoms with Crippen LogP contribution in [0.2, 0.25) is 0 Å². The number of carbonyl (C=O) groups is 1. The summed E-state index contributed by atoms with van der Waals surface area (Å²) >= 11 is 0. The summed E-state index contributed by atoms with van der Waals surface area (Å²) < 4.78 is 5.24. The van der Waals surface area contributed by atoms with Crippen LogP contribution in [0.5, 0.6) is 0 Å². The molecule has 1 unspecified atom stereocenters. The smallest absolute Gasteiger partial charge is 0.255 e. The fourth-order valence-corrected chi connectivity index (χ4v) is 3.00. The van der Waals surface area contributed by atoms with Gasteiger partial charge in [-0.15, -0.1) is 0 Å². The van der Waals surface area contributed by atoms with Gasteiger partial charge < -0.3 is 14.6 Å². The Morgan fingerprint density at radius 3 is 2.59 bits per heavy atom. The average Bonchev–Trinajstić information content (AvgIpc) is 3.19. The molecule has 0 bridgehead atoms. The second-order valence-electron chi connectivity index (χ2n) is 5.83. The van der Waals surface area contributed by atoms with Crippen LogP contribution < -0.4 is 5.32 Å². The Labute approximate surface area is 131 Å². The molecular weight excluding hydrogens is 276 g/mol. The third-order valence-corrected chi connectivity index (χ3v) is 4.25. The van der Waals surface area contributed by atoms with Crippen molar-refractivity contribution < 1.29 is 9.21 Å². The molecule has 0 saturated carbocycles. The molecule has 4 heteroatoms. The Morgan fingerprint density at radius 2 is 1.95 bits per heavy atom. The van der Waals surface area contributed by atoms with Gasteiger partial charge in [0, 0.05) is 6.54 Å². The van der Waals surface area contributed by atoms with Gasteiger partial charge in [0.15, 0.2) is 0 Å². The second-order valence-corrected chi connectivity index (χ2v) is 5.83. The Kier molecular flexibility index (Phi) is 4.59. The maximum atomic E-state index is 12.5. The van der Waals surface area contributed by atoms with E-state index in [-0.39, 0.29) is 11.9 Å². The van der Waals surface area contributed by atoms with Crippen LogP contribution in [0.15, 0.2) is 47.1 Å². The maximum Gasteiger partial charge on any atom is 0.255 e. The summed E-state index contributed by atoms with van der Waals surface area (Å²) in [4.78, 5) is 14.9. The lowest BCUT2D eigenvalue weighted by Gasteiger charge is -2.25. The molecule has 4 nitrogen and oxygen atoms in total. The third kappa shape index (κ3) is 3.39. The van der Waals surface area contributed by atoms with Crippen LogP contribution in [0.3, 0.4) is 0 Å². The van der Waals surface area contributed by atoms with E-state index in [0.717, 1.165) is 25.2 Å². The summed E-state index contributed by atoms with van der Waals surface area (Å²) in [6, 6.07) is 11.9. The van der Waals surface area contributed by atoms with E-state index in [1.54, 1.807) is 12.3 Å². The molecule has 0 radical (unpaired) electrons. The number of hydrogen-bond acceptors (Lipinski definition) is 3. The quantitative estimate of drug-likeness (QED) is 0.922. The van der Waals surface area contributed by atoms with Crippen molar-refractivity contribution >= 4 is 5.91 Å². The molecule has 1 amide bonds. The summed E-state index contributed by atoms with van der Waals surface area (Å²) in [7, 11) is 0. The Balaban J connectivity index is 1.76. The number of furan rings is 1. The van der Waals surface area contributed by atoms with Gasteiger partial charge in [-0.3, -0.25) is 4.79 Å². The largest absolute Gasteiger partial charge is 0.469 e. The van der Waals surface area contributed by atoms with Gasteiger partial charge in [0.05, 0.1) is 17.9 Å². The van der Waals surface area contributed by atoms with Gasteiger partial charge in [0.25, 0.3) is 5.91 Å². The second kappa shape index (κ2) is 6.79. The average molecular weight is 298 g/mol. The maximum absolute atomic E-state index is 12.5. The van der Waals surface area contributed by atoms with Crippen molar-refractivity contribution in [1.29, 1.82) is 0 Å². The molecule has 1 aliphatic heterocycles. The van der Waals surface area contributed by atoms with Gasteiger partial charge in [0.1, 0.15) is 5.76 Å². The first-order valence-corrected chi connectivity index (χ1v) is 7.86. The monoisotopic (exact) mass is 298 g/mol. The van der Waals surface area contributed by atoms with Gasteiger partial charge in [-0.05, 0) is 44.5 Å². The molecule has 1 fully saturated rings. The van der Waals surface area contributed by atoms with Gasteiger partial charge >= 0.3 is 0 Å². The minimum absolute atomic E-state index is 0.00102. The summed E-state index contributed by atoms with van der Waals surface area (Å²) in [6.45, 7) is 4.90. The van der Waals surface area contributed by atoms with Crippen LogP contribution in [-0.2, 0) is 0 Å². The zero-order chi connectivity index (χ0) is 15.4. The zero-order valence-electron chi connectivity index (χ0n) is 12.9. The van der Waals surface area contributed by atoms with E-state index in [1.165, 1.54) is 12.8 Å². The van der Waals surface area contributed by atoms with E-state index >= 15 is 0 Å². The van der Waals surface area contributed by atoms with Crippen molar-refractivity contribution in [3.63, 3.8) is 0 Å². The highest BCUT2D eigenvalue weighted by atomic mass is 16.3. The Bertz CT molecular complexity index is 615. The molecule has 1 atom stereocenters. The van der Waals surface area contributed by atoms with E-state index in [1.807, 2.05) is 25.1 Å². The molecule has 1 saturated heterocycles. The van der Waals surface area contributed by atoms with Crippen LogP contribution in [0.25, 0.3) is 0 Å². The normalized spacial score (nSPS) is 16.6. The molecule has 1 N–H and O–H groups in total. The molecular formula is C18H22N2O2. The van der Waals surface area contributed by atoms with Crippen LogP contribution in [0.4, 0.5) is 0 Å². The highest BCUT2D eigenvalue weighted by Crippen LogP contribution is 2.19. The third-order valence-electron chi connectivity index (χ3n) is 4.25. The number of amides is 1. The molecule has 1 aromatic heterocycles. The van der Waals surface area contributed by atoms with Crippen molar-refractivity contribution in [3.8, 4) is 0 Å². The first-order valence-electron chi connectivity index (χ1n) is 7.86. The van der Waals surface area contributed by atoms with Crippen LogP contribution in [-0.4, -0.2) is 30.4 Å². The predicted molar refractivity (Wildman–Crippen MR) is 85.8 cm³/mol.